The Kier molecular flexibility index (Phi) is 5.21. The number of hydrogen-bond acceptors (Lipinski definition) is 1. The quantitative estimate of drug-likeness (QED) is 0.465. The molecule has 0 aliphatic carbocycles. The predicted octanol–water partition coefficient (Wildman–Crippen LogP) is 3.93. The highest BCUT2D eigenvalue weighted by Crippen LogP contribution is 2.07. The Morgan fingerprint density at radius 3 is 2.15 bits per heavy atom. The number of benzene rings is 2. The smallest absolute Gasteiger partial charge is 0.223 e. The lowest BCUT2D eigenvalue weighted by molar-refractivity contribution is 1.06. The van der Waals surface area contributed by atoms with E-state index < -0.39 is 0 Å². The van der Waals surface area contributed by atoms with Gasteiger partial charge in [0.25, 0.3) is 0 Å². The van der Waals surface area contributed by atoms with Crippen LogP contribution in [0.2, 0.25) is 0 Å². The molecular formula is C16H14ClN3. The van der Waals surface area contributed by atoms with Crippen LogP contribution in [0.3, 0.4) is 0 Å². The van der Waals surface area contributed by atoms with Crippen LogP contribution in [0.15, 0.2) is 75.6 Å². The van der Waals surface area contributed by atoms with Gasteiger partial charge in [0.1, 0.15) is 0 Å². The molecule has 0 fully saturated rings. The molecule has 2 aromatic carbocycles. The SMILES string of the molecule is C=NC(Cl)=NC(=NCc1ccccc1)c1ccccc1. The summed E-state index contributed by atoms with van der Waals surface area (Å²) in [7, 11) is 0. The number of amidine groups is 2. The Hall–Kier alpha value is -2.26. The molecular weight excluding hydrogens is 270 g/mol. The predicted molar refractivity (Wildman–Crippen MR) is 86.0 cm³/mol. The molecule has 0 aliphatic rings. The fraction of sp³-hybridized carbons (Fsp3) is 0.0625. The van der Waals surface area contributed by atoms with E-state index in [0.717, 1.165) is 11.1 Å². The Bertz CT molecular complexity index is 619. The van der Waals surface area contributed by atoms with Crippen molar-refractivity contribution in [1.29, 1.82) is 0 Å². The molecule has 0 saturated carbocycles. The molecule has 0 heterocycles. The van der Waals surface area contributed by atoms with Crippen molar-refractivity contribution >= 4 is 29.4 Å². The van der Waals surface area contributed by atoms with E-state index in [1.807, 2.05) is 60.7 Å². The van der Waals surface area contributed by atoms with Crippen LogP contribution in [-0.4, -0.2) is 17.8 Å². The van der Waals surface area contributed by atoms with Gasteiger partial charge >= 0.3 is 0 Å². The number of nitrogens with zero attached hydrogens (tertiary/aromatic N) is 3. The van der Waals surface area contributed by atoms with Crippen LogP contribution in [0.4, 0.5) is 0 Å². The molecule has 0 amide bonds. The summed E-state index contributed by atoms with van der Waals surface area (Å²) in [6.07, 6.45) is 0. The van der Waals surface area contributed by atoms with Crippen molar-refractivity contribution in [3.8, 4) is 0 Å². The maximum atomic E-state index is 5.83. The average molecular weight is 284 g/mol. The molecule has 0 saturated heterocycles. The van der Waals surface area contributed by atoms with Crippen LogP contribution < -0.4 is 0 Å². The van der Waals surface area contributed by atoms with Gasteiger partial charge in [-0.15, -0.1) is 0 Å². The van der Waals surface area contributed by atoms with Crippen molar-refractivity contribution in [2.45, 2.75) is 6.54 Å². The Morgan fingerprint density at radius 1 is 0.950 bits per heavy atom. The van der Waals surface area contributed by atoms with Crippen molar-refractivity contribution in [3.63, 3.8) is 0 Å². The third-order valence-corrected chi connectivity index (χ3v) is 2.82. The molecule has 0 aliphatic heterocycles. The first-order chi connectivity index (χ1) is 9.79. The second-order valence-corrected chi connectivity index (χ2v) is 4.37. The fourth-order valence-electron chi connectivity index (χ4n) is 1.65. The lowest BCUT2D eigenvalue weighted by Crippen LogP contribution is -2.00. The average Bonchev–Trinajstić information content (AvgIpc) is 2.53. The van der Waals surface area contributed by atoms with Gasteiger partial charge in [-0.3, -0.25) is 4.99 Å². The van der Waals surface area contributed by atoms with E-state index in [1.165, 1.54) is 0 Å². The lowest BCUT2D eigenvalue weighted by Gasteiger charge is -2.02. The maximum absolute atomic E-state index is 5.83. The molecule has 100 valence electrons. The summed E-state index contributed by atoms with van der Waals surface area (Å²) in [6.45, 7) is 3.90. The summed E-state index contributed by atoms with van der Waals surface area (Å²) in [5, 5.41) is 0.0839. The van der Waals surface area contributed by atoms with E-state index in [0.29, 0.717) is 12.4 Å². The van der Waals surface area contributed by atoms with Crippen LogP contribution in [0, 0.1) is 0 Å². The minimum atomic E-state index is 0.0839. The summed E-state index contributed by atoms with van der Waals surface area (Å²) in [4.78, 5) is 12.3. The first-order valence-electron chi connectivity index (χ1n) is 6.14. The van der Waals surface area contributed by atoms with Gasteiger partial charge in [-0.05, 0) is 23.9 Å². The zero-order valence-electron chi connectivity index (χ0n) is 10.9. The molecule has 20 heavy (non-hydrogen) atoms. The first-order valence-corrected chi connectivity index (χ1v) is 6.52. The van der Waals surface area contributed by atoms with Crippen molar-refractivity contribution in [1.82, 2.24) is 0 Å². The van der Waals surface area contributed by atoms with Gasteiger partial charge in [0.15, 0.2) is 5.84 Å². The Balaban J connectivity index is 2.29. The van der Waals surface area contributed by atoms with Gasteiger partial charge in [-0.25, -0.2) is 4.99 Å². The van der Waals surface area contributed by atoms with Crippen LogP contribution in [0.25, 0.3) is 0 Å². The second-order valence-electron chi connectivity index (χ2n) is 4.03. The van der Waals surface area contributed by atoms with Gasteiger partial charge in [0.2, 0.25) is 5.29 Å². The van der Waals surface area contributed by atoms with Crippen molar-refractivity contribution < 1.29 is 0 Å². The van der Waals surface area contributed by atoms with Gasteiger partial charge in [0, 0.05) is 5.56 Å². The topological polar surface area (TPSA) is 37.1 Å². The number of halogens is 1. The molecule has 2 aromatic rings. The van der Waals surface area contributed by atoms with Gasteiger partial charge in [-0.1, -0.05) is 60.7 Å². The maximum Gasteiger partial charge on any atom is 0.223 e. The standard InChI is InChI=1S/C16H14ClN3/c1-18-16(17)20-15(14-10-6-3-7-11-14)19-12-13-8-4-2-5-9-13/h2-11H,1,12H2. The van der Waals surface area contributed by atoms with E-state index in [1.54, 1.807) is 0 Å². The monoisotopic (exact) mass is 283 g/mol. The molecule has 0 spiro atoms. The summed E-state index contributed by atoms with van der Waals surface area (Å²) in [5.41, 5.74) is 2.00. The summed E-state index contributed by atoms with van der Waals surface area (Å²) in [5.74, 6) is 0.548. The van der Waals surface area contributed by atoms with Crippen LogP contribution >= 0.6 is 11.6 Å². The highest BCUT2D eigenvalue weighted by atomic mass is 35.5. The zero-order chi connectivity index (χ0) is 14.2. The molecule has 0 radical (unpaired) electrons. The van der Waals surface area contributed by atoms with E-state index in [4.69, 9.17) is 11.6 Å². The molecule has 0 unspecified atom stereocenters. The third-order valence-electron chi connectivity index (χ3n) is 2.61. The largest absolute Gasteiger partial charge is 0.261 e. The fourth-order valence-corrected chi connectivity index (χ4v) is 1.73. The molecule has 2 rings (SSSR count). The second kappa shape index (κ2) is 7.36. The third kappa shape index (κ3) is 4.14. The highest BCUT2D eigenvalue weighted by molar-refractivity contribution is 6.66. The van der Waals surface area contributed by atoms with Gasteiger partial charge < -0.3 is 0 Å². The Labute approximate surface area is 123 Å². The number of hydrogen-bond donors (Lipinski definition) is 0. The molecule has 0 bridgehead atoms. The Morgan fingerprint density at radius 2 is 1.55 bits per heavy atom. The highest BCUT2D eigenvalue weighted by Gasteiger charge is 2.02. The van der Waals surface area contributed by atoms with Crippen LogP contribution in [0.5, 0.6) is 0 Å². The molecule has 0 atom stereocenters. The van der Waals surface area contributed by atoms with E-state index in [2.05, 4.69) is 21.7 Å². The molecule has 4 heteroatoms. The lowest BCUT2D eigenvalue weighted by atomic mass is 10.2. The molecule has 0 N–H and O–H groups in total. The minimum Gasteiger partial charge on any atom is -0.261 e. The summed E-state index contributed by atoms with van der Waals surface area (Å²) < 4.78 is 0. The van der Waals surface area contributed by atoms with Gasteiger partial charge in [-0.2, -0.15) is 4.99 Å². The van der Waals surface area contributed by atoms with Crippen molar-refractivity contribution in [2.75, 3.05) is 0 Å². The normalized spacial score (nSPS) is 12.2. The van der Waals surface area contributed by atoms with E-state index >= 15 is 0 Å². The number of rotatable bonds is 3. The minimum absolute atomic E-state index is 0.0839. The molecule has 3 nitrogen and oxygen atoms in total. The van der Waals surface area contributed by atoms with E-state index in [9.17, 15) is 0 Å². The zero-order valence-corrected chi connectivity index (χ0v) is 11.7. The van der Waals surface area contributed by atoms with Crippen LogP contribution in [0.1, 0.15) is 11.1 Å². The first kappa shape index (κ1) is 14.2. The van der Waals surface area contributed by atoms with Crippen molar-refractivity contribution in [3.05, 3.63) is 71.8 Å². The van der Waals surface area contributed by atoms with Crippen LogP contribution in [-0.2, 0) is 6.54 Å². The summed E-state index contributed by atoms with van der Waals surface area (Å²) >= 11 is 5.83. The van der Waals surface area contributed by atoms with Gasteiger partial charge in [0.05, 0.1) is 6.54 Å². The van der Waals surface area contributed by atoms with Crippen molar-refractivity contribution in [2.24, 2.45) is 15.0 Å². The summed E-state index contributed by atoms with van der Waals surface area (Å²) in [6, 6.07) is 19.6. The number of aliphatic imine (C=N–C) groups is 3. The molecule has 0 aromatic heterocycles. The van der Waals surface area contributed by atoms with E-state index in [-0.39, 0.29) is 5.29 Å².